The monoisotopic (exact) mass is 486 g/mol. The van der Waals surface area contributed by atoms with Crippen LogP contribution in [-0.4, -0.2) is 77.9 Å². The van der Waals surface area contributed by atoms with Crippen molar-refractivity contribution in [2.24, 2.45) is 0 Å². The molecular weight excluding hydrogens is 452 g/mol. The number of nitrogens with zero attached hydrogens (tertiary/aromatic N) is 6. The fourth-order valence-corrected chi connectivity index (χ4v) is 4.45. The van der Waals surface area contributed by atoms with E-state index in [4.69, 9.17) is 4.98 Å². The average Bonchev–Trinajstić information content (AvgIpc) is 3.01. The number of para-hydroxylation sites is 2. The summed E-state index contributed by atoms with van der Waals surface area (Å²) in [5, 5.41) is 0. The van der Waals surface area contributed by atoms with Gasteiger partial charge in [-0.2, -0.15) is 0 Å². The highest BCUT2D eigenvalue weighted by Crippen LogP contribution is 2.39. The van der Waals surface area contributed by atoms with Crippen LogP contribution in [0.4, 0.5) is 17.2 Å². The number of hydrogen-bond acceptors (Lipinski definition) is 6. The number of amides is 2. The maximum atomic E-state index is 14.0. The van der Waals surface area contributed by atoms with E-state index in [1.165, 1.54) is 6.20 Å². The van der Waals surface area contributed by atoms with Crippen molar-refractivity contribution in [3.63, 3.8) is 0 Å². The average molecular weight is 487 g/mol. The first-order valence-corrected chi connectivity index (χ1v) is 12.6. The maximum absolute atomic E-state index is 14.0. The highest BCUT2D eigenvalue weighted by Gasteiger charge is 2.34. The standard InChI is InChI=1S/C28H34N6O2/c1-5-32(6-2)17-18-33(7-3)20-25(35)34-24-16-12-11-15-23(24)31(4)28(36)22-19-29-26(30-27(22)34)21-13-9-8-10-14-21/h8-16,19H,5-7,17-18,20H2,1-4H3. The lowest BCUT2D eigenvalue weighted by atomic mass is 10.2. The Morgan fingerprint density at radius 2 is 1.47 bits per heavy atom. The Morgan fingerprint density at radius 3 is 2.14 bits per heavy atom. The number of anilines is 3. The van der Waals surface area contributed by atoms with E-state index < -0.39 is 0 Å². The van der Waals surface area contributed by atoms with E-state index in [1.807, 2.05) is 54.6 Å². The SMILES string of the molecule is CCN(CC)CCN(CC)CC(=O)N1c2ccccc2N(C)C(=O)c2cnc(-c3ccccc3)nc21. The third-order valence-electron chi connectivity index (χ3n) is 6.71. The zero-order valence-electron chi connectivity index (χ0n) is 21.5. The Kier molecular flexibility index (Phi) is 8.07. The molecule has 0 N–H and O–H groups in total. The minimum Gasteiger partial charge on any atom is -0.309 e. The smallest absolute Gasteiger partial charge is 0.263 e. The van der Waals surface area contributed by atoms with Crippen LogP contribution in [0.15, 0.2) is 60.8 Å². The molecule has 1 aliphatic heterocycles. The molecular formula is C28H34N6O2. The molecule has 0 aliphatic carbocycles. The van der Waals surface area contributed by atoms with Crippen LogP contribution in [0.1, 0.15) is 31.1 Å². The summed E-state index contributed by atoms with van der Waals surface area (Å²) >= 11 is 0. The number of benzene rings is 2. The molecule has 0 saturated carbocycles. The molecule has 0 fully saturated rings. The summed E-state index contributed by atoms with van der Waals surface area (Å²) in [5.74, 6) is 0.401. The summed E-state index contributed by atoms with van der Waals surface area (Å²) in [7, 11) is 1.71. The Balaban J connectivity index is 1.76. The van der Waals surface area contributed by atoms with Crippen LogP contribution < -0.4 is 9.80 Å². The first-order valence-electron chi connectivity index (χ1n) is 12.6. The Hall–Kier alpha value is -3.62. The topological polar surface area (TPSA) is 72.9 Å². The molecule has 0 spiro atoms. The second-order valence-corrected chi connectivity index (χ2v) is 8.77. The number of hydrogen-bond donors (Lipinski definition) is 0. The van der Waals surface area contributed by atoms with E-state index in [0.29, 0.717) is 28.6 Å². The van der Waals surface area contributed by atoms with Gasteiger partial charge < -0.3 is 9.80 Å². The summed E-state index contributed by atoms with van der Waals surface area (Å²) in [6.07, 6.45) is 1.54. The van der Waals surface area contributed by atoms with Crippen molar-refractivity contribution in [1.29, 1.82) is 0 Å². The van der Waals surface area contributed by atoms with Crippen molar-refractivity contribution in [3.8, 4) is 11.4 Å². The largest absolute Gasteiger partial charge is 0.309 e. The fourth-order valence-electron chi connectivity index (χ4n) is 4.45. The predicted molar refractivity (Wildman–Crippen MR) is 144 cm³/mol. The molecule has 1 aliphatic rings. The summed E-state index contributed by atoms with van der Waals surface area (Å²) < 4.78 is 0. The molecule has 1 aromatic heterocycles. The number of carbonyl (C=O) groups excluding carboxylic acids is 2. The number of likely N-dealkylation sites (N-methyl/N-ethyl adjacent to an activating group) is 2. The molecule has 2 aromatic carbocycles. The van der Waals surface area contributed by atoms with Gasteiger partial charge in [-0.05, 0) is 31.8 Å². The van der Waals surface area contributed by atoms with Gasteiger partial charge in [-0.15, -0.1) is 0 Å². The van der Waals surface area contributed by atoms with Gasteiger partial charge in [-0.3, -0.25) is 19.4 Å². The van der Waals surface area contributed by atoms with E-state index in [9.17, 15) is 9.59 Å². The van der Waals surface area contributed by atoms with Gasteiger partial charge in [0.2, 0.25) is 5.91 Å². The zero-order valence-corrected chi connectivity index (χ0v) is 21.5. The van der Waals surface area contributed by atoms with Crippen molar-refractivity contribution < 1.29 is 9.59 Å². The normalized spacial score (nSPS) is 13.1. The Labute approximate surface area is 213 Å². The number of rotatable bonds is 9. The van der Waals surface area contributed by atoms with Crippen molar-refractivity contribution in [2.75, 3.05) is 56.1 Å². The van der Waals surface area contributed by atoms with Crippen molar-refractivity contribution in [3.05, 3.63) is 66.4 Å². The number of fused-ring (bicyclic) bond motifs is 2. The number of carbonyl (C=O) groups is 2. The quantitative estimate of drug-likeness (QED) is 0.454. The van der Waals surface area contributed by atoms with Crippen LogP contribution in [0.25, 0.3) is 11.4 Å². The molecule has 0 atom stereocenters. The van der Waals surface area contributed by atoms with Gasteiger partial charge in [0.1, 0.15) is 5.56 Å². The van der Waals surface area contributed by atoms with Crippen LogP contribution in [0, 0.1) is 0 Å². The second kappa shape index (κ2) is 11.4. The van der Waals surface area contributed by atoms with E-state index in [2.05, 4.69) is 35.6 Å². The summed E-state index contributed by atoms with van der Waals surface area (Å²) in [6, 6.07) is 17.0. The second-order valence-electron chi connectivity index (χ2n) is 8.77. The summed E-state index contributed by atoms with van der Waals surface area (Å²) in [6.45, 7) is 10.9. The maximum Gasteiger partial charge on any atom is 0.263 e. The molecule has 0 saturated heterocycles. The molecule has 4 rings (SSSR count). The van der Waals surface area contributed by atoms with Crippen LogP contribution >= 0.6 is 0 Å². The lowest BCUT2D eigenvalue weighted by molar-refractivity contribution is -0.119. The Bertz CT molecular complexity index is 1210. The van der Waals surface area contributed by atoms with Crippen LogP contribution in [0.3, 0.4) is 0 Å². The molecule has 2 amide bonds. The summed E-state index contributed by atoms with van der Waals surface area (Å²) in [5.41, 5.74) is 2.41. The van der Waals surface area contributed by atoms with Gasteiger partial charge in [0.05, 0.1) is 17.9 Å². The summed E-state index contributed by atoms with van der Waals surface area (Å²) in [4.78, 5) is 44.3. The lowest BCUT2D eigenvalue weighted by Crippen LogP contribution is -2.42. The predicted octanol–water partition coefficient (Wildman–Crippen LogP) is 4.06. The van der Waals surface area contributed by atoms with E-state index >= 15 is 0 Å². The number of aromatic nitrogens is 2. The molecule has 188 valence electrons. The minimum atomic E-state index is -0.249. The van der Waals surface area contributed by atoms with E-state index in [0.717, 1.165) is 38.3 Å². The van der Waals surface area contributed by atoms with Gasteiger partial charge in [0, 0.05) is 31.9 Å². The van der Waals surface area contributed by atoms with Gasteiger partial charge in [-0.25, -0.2) is 9.97 Å². The molecule has 8 heteroatoms. The van der Waals surface area contributed by atoms with Gasteiger partial charge >= 0.3 is 0 Å². The van der Waals surface area contributed by atoms with E-state index in [-0.39, 0.29) is 18.4 Å². The molecule has 0 unspecified atom stereocenters. The highest BCUT2D eigenvalue weighted by atomic mass is 16.2. The Morgan fingerprint density at radius 1 is 0.861 bits per heavy atom. The van der Waals surface area contributed by atoms with Crippen LogP contribution in [-0.2, 0) is 4.79 Å². The molecule has 0 bridgehead atoms. The molecule has 8 nitrogen and oxygen atoms in total. The van der Waals surface area contributed by atoms with Gasteiger partial charge in [-0.1, -0.05) is 63.2 Å². The van der Waals surface area contributed by atoms with Crippen molar-refractivity contribution in [2.45, 2.75) is 20.8 Å². The van der Waals surface area contributed by atoms with Crippen molar-refractivity contribution >= 4 is 29.0 Å². The lowest BCUT2D eigenvalue weighted by Gasteiger charge is -2.28. The first-order chi connectivity index (χ1) is 17.5. The van der Waals surface area contributed by atoms with Crippen LogP contribution in [0.5, 0.6) is 0 Å². The third-order valence-corrected chi connectivity index (χ3v) is 6.71. The highest BCUT2D eigenvalue weighted by molar-refractivity contribution is 6.18. The molecule has 3 aromatic rings. The molecule has 2 heterocycles. The minimum absolute atomic E-state index is 0.133. The fraction of sp³-hybridized carbons (Fsp3) is 0.357. The van der Waals surface area contributed by atoms with E-state index in [1.54, 1.807) is 16.8 Å². The first kappa shape index (κ1) is 25.5. The van der Waals surface area contributed by atoms with Gasteiger partial charge in [0.25, 0.3) is 5.91 Å². The molecule has 36 heavy (non-hydrogen) atoms. The third kappa shape index (κ3) is 5.15. The van der Waals surface area contributed by atoms with Gasteiger partial charge in [0.15, 0.2) is 11.6 Å². The molecule has 0 radical (unpaired) electrons. The van der Waals surface area contributed by atoms with Crippen molar-refractivity contribution in [1.82, 2.24) is 19.8 Å². The van der Waals surface area contributed by atoms with Crippen LogP contribution in [0.2, 0.25) is 0 Å². The zero-order chi connectivity index (χ0) is 25.7.